The predicted octanol–water partition coefficient (Wildman–Crippen LogP) is 1.87. The zero-order chi connectivity index (χ0) is 22.3. The van der Waals surface area contributed by atoms with Gasteiger partial charge in [0.2, 0.25) is 15.9 Å². The van der Waals surface area contributed by atoms with Gasteiger partial charge in [-0.15, -0.1) is 0 Å². The van der Waals surface area contributed by atoms with Gasteiger partial charge in [-0.2, -0.15) is 0 Å². The highest BCUT2D eigenvalue weighted by molar-refractivity contribution is 7.92. The number of rotatable bonds is 10. The van der Waals surface area contributed by atoms with Gasteiger partial charge in [-0.05, 0) is 24.6 Å². The molecule has 0 unspecified atom stereocenters. The van der Waals surface area contributed by atoms with Gasteiger partial charge in [0.15, 0.2) is 0 Å². The van der Waals surface area contributed by atoms with Crippen molar-refractivity contribution in [2.24, 2.45) is 0 Å². The molecule has 1 N–H and O–H groups in total. The number of hydrogen-bond acceptors (Lipinski definition) is 7. The fourth-order valence-corrected chi connectivity index (χ4v) is 3.50. The van der Waals surface area contributed by atoms with E-state index >= 15 is 0 Å². The number of ether oxygens (including phenoxy) is 2. The third kappa shape index (κ3) is 6.34. The van der Waals surface area contributed by atoms with E-state index in [9.17, 15) is 23.3 Å². The molecule has 2 rings (SSSR count). The molecular formula is C19H23N3O7S. The van der Waals surface area contributed by atoms with Crippen LogP contribution in [-0.2, 0) is 14.8 Å². The van der Waals surface area contributed by atoms with E-state index in [2.05, 4.69) is 5.32 Å². The van der Waals surface area contributed by atoms with E-state index in [-0.39, 0.29) is 24.5 Å². The van der Waals surface area contributed by atoms with E-state index < -0.39 is 27.4 Å². The molecule has 10 nitrogen and oxygen atoms in total. The Balaban J connectivity index is 2.01. The second-order valence-electron chi connectivity index (χ2n) is 6.37. The quantitative estimate of drug-likeness (QED) is 0.341. The molecular weight excluding hydrogens is 414 g/mol. The fourth-order valence-electron chi connectivity index (χ4n) is 2.60. The largest absolute Gasteiger partial charge is 0.497 e. The van der Waals surface area contributed by atoms with Crippen molar-refractivity contribution in [2.75, 3.05) is 37.4 Å². The van der Waals surface area contributed by atoms with Gasteiger partial charge in [0.1, 0.15) is 24.7 Å². The highest BCUT2D eigenvalue weighted by atomic mass is 32.2. The van der Waals surface area contributed by atoms with Crippen molar-refractivity contribution < 1.29 is 27.6 Å². The summed E-state index contributed by atoms with van der Waals surface area (Å²) >= 11 is 0. The van der Waals surface area contributed by atoms with E-state index in [1.807, 2.05) is 0 Å². The molecule has 0 fully saturated rings. The first-order valence-electron chi connectivity index (χ1n) is 8.88. The molecule has 1 amide bonds. The SMILES string of the molecule is COc1cccc(OCCNC(=O)CN(c2cc([N+](=O)[O-])ccc2C)S(C)(=O)=O)c1. The summed E-state index contributed by atoms with van der Waals surface area (Å²) in [5.41, 5.74) is 0.297. The van der Waals surface area contributed by atoms with Crippen LogP contribution in [0, 0.1) is 17.0 Å². The Bertz CT molecular complexity index is 1020. The first-order valence-corrected chi connectivity index (χ1v) is 10.7. The molecule has 0 aromatic heterocycles. The fraction of sp³-hybridized carbons (Fsp3) is 0.316. The average molecular weight is 437 g/mol. The molecule has 11 heteroatoms. The average Bonchev–Trinajstić information content (AvgIpc) is 2.69. The van der Waals surface area contributed by atoms with Gasteiger partial charge in [-0.3, -0.25) is 19.2 Å². The van der Waals surface area contributed by atoms with Crippen molar-refractivity contribution in [3.05, 3.63) is 58.1 Å². The van der Waals surface area contributed by atoms with Crippen LogP contribution in [0.15, 0.2) is 42.5 Å². The van der Waals surface area contributed by atoms with Crippen LogP contribution in [0.25, 0.3) is 0 Å². The highest BCUT2D eigenvalue weighted by Gasteiger charge is 2.24. The van der Waals surface area contributed by atoms with Crippen LogP contribution < -0.4 is 19.1 Å². The standard InChI is InChI=1S/C19H23N3O7S/c1-14-7-8-15(22(24)25)11-18(14)21(30(3,26)27)13-19(23)20-9-10-29-17-6-4-5-16(12-17)28-2/h4-8,11-12H,9-10,13H2,1-3H3,(H,20,23). The maximum absolute atomic E-state index is 12.3. The second-order valence-corrected chi connectivity index (χ2v) is 8.28. The van der Waals surface area contributed by atoms with Crippen LogP contribution in [0.4, 0.5) is 11.4 Å². The van der Waals surface area contributed by atoms with Gasteiger partial charge >= 0.3 is 0 Å². The summed E-state index contributed by atoms with van der Waals surface area (Å²) in [7, 11) is -2.32. The number of benzene rings is 2. The minimum Gasteiger partial charge on any atom is -0.497 e. The van der Waals surface area contributed by atoms with Gasteiger partial charge in [0, 0.05) is 18.2 Å². The van der Waals surface area contributed by atoms with Crippen LogP contribution in [-0.4, -0.2) is 52.3 Å². The van der Waals surface area contributed by atoms with Crippen LogP contribution in [0.5, 0.6) is 11.5 Å². The predicted molar refractivity (Wildman–Crippen MR) is 112 cm³/mol. The molecule has 0 heterocycles. The third-order valence-corrected chi connectivity index (χ3v) is 5.22. The molecule has 0 saturated carbocycles. The summed E-state index contributed by atoms with van der Waals surface area (Å²) in [5.74, 6) is 0.627. The maximum atomic E-state index is 12.3. The number of nitro benzene ring substituents is 1. The molecule has 0 aliphatic heterocycles. The Morgan fingerprint density at radius 1 is 1.20 bits per heavy atom. The molecule has 0 aliphatic rings. The first kappa shape index (κ1) is 22.9. The molecule has 0 atom stereocenters. The van der Waals surface area contributed by atoms with Crippen LogP contribution in [0.2, 0.25) is 0 Å². The number of anilines is 1. The summed E-state index contributed by atoms with van der Waals surface area (Å²) in [6.07, 6.45) is 0.935. The molecule has 2 aromatic carbocycles. The van der Waals surface area contributed by atoms with Crippen molar-refractivity contribution in [3.63, 3.8) is 0 Å². The molecule has 0 aliphatic carbocycles. The second kappa shape index (κ2) is 9.92. The molecule has 2 aromatic rings. The number of nitrogens with one attached hydrogen (secondary N) is 1. The van der Waals surface area contributed by atoms with E-state index in [0.717, 1.165) is 16.6 Å². The van der Waals surface area contributed by atoms with Gasteiger partial charge in [0.25, 0.3) is 5.69 Å². The van der Waals surface area contributed by atoms with E-state index in [4.69, 9.17) is 9.47 Å². The number of carbonyl (C=O) groups excluding carboxylic acids is 1. The summed E-state index contributed by atoms with van der Waals surface area (Å²) in [5, 5.41) is 13.6. The lowest BCUT2D eigenvalue weighted by Gasteiger charge is -2.23. The third-order valence-electron chi connectivity index (χ3n) is 4.09. The lowest BCUT2D eigenvalue weighted by Crippen LogP contribution is -2.41. The highest BCUT2D eigenvalue weighted by Crippen LogP contribution is 2.27. The molecule has 30 heavy (non-hydrogen) atoms. The number of hydrogen-bond donors (Lipinski definition) is 1. The van der Waals surface area contributed by atoms with E-state index in [0.29, 0.717) is 17.1 Å². The minimum atomic E-state index is -3.85. The zero-order valence-corrected chi connectivity index (χ0v) is 17.6. The van der Waals surface area contributed by atoms with Crippen LogP contribution in [0.1, 0.15) is 5.56 Å². The topological polar surface area (TPSA) is 128 Å². The number of non-ortho nitro benzene ring substituents is 1. The van der Waals surface area contributed by atoms with Gasteiger partial charge < -0.3 is 14.8 Å². The number of nitrogens with zero attached hydrogens (tertiary/aromatic N) is 2. The zero-order valence-electron chi connectivity index (χ0n) is 16.8. The summed E-state index contributed by atoms with van der Waals surface area (Å²) in [6, 6.07) is 10.8. The number of aryl methyl sites for hydroxylation is 1. The molecule has 162 valence electrons. The van der Waals surface area contributed by atoms with Crippen molar-refractivity contribution >= 4 is 27.3 Å². The van der Waals surface area contributed by atoms with Crippen molar-refractivity contribution in [2.45, 2.75) is 6.92 Å². The molecule has 0 spiro atoms. The number of carbonyl (C=O) groups is 1. The van der Waals surface area contributed by atoms with Crippen molar-refractivity contribution in [3.8, 4) is 11.5 Å². The minimum absolute atomic E-state index is 0.0782. The lowest BCUT2D eigenvalue weighted by atomic mass is 10.2. The Morgan fingerprint density at radius 3 is 2.53 bits per heavy atom. The first-order chi connectivity index (χ1) is 14.1. The van der Waals surface area contributed by atoms with Gasteiger partial charge in [-0.25, -0.2) is 8.42 Å². The Labute approximate surface area is 174 Å². The smallest absolute Gasteiger partial charge is 0.271 e. The summed E-state index contributed by atoms with van der Waals surface area (Å²) in [6.45, 7) is 1.40. The molecule has 0 bridgehead atoms. The number of sulfonamides is 1. The monoisotopic (exact) mass is 437 g/mol. The number of nitro groups is 1. The normalized spacial score (nSPS) is 10.9. The lowest BCUT2D eigenvalue weighted by molar-refractivity contribution is -0.384. The van der Waals surface area contributed by atoms with Gasteiger partial charge in [0.05, 0.1) is 30.5 Å². The summed E-state index contributed by atoms with van der Waals surface area (Å²) in [4.78, 5) is 22.7. The van der Waals surface area contributed by atoms with Crippen LogP contribution >= 0.6 is 0 Å². The summed E-state index contributed by atoms with van der Waals surface area (Å²) < 4.78 is 35.9. The van der Waals surface area contributed by atoms with Crippen molar-refractivity contribution in [1.82, 2.24) is 5.32 Å². The van der Waals surface area contributed by atoms with Crippen LogP contribution in [0.3, 0.4) is 0 Å². The van der Waals surface area contributed by atoms with E-state index in [1.54, 1.807) is 31.2 Å². The molecule has 0 radical (unpaired) electrons. The maximum Gasteiger partial charge on any atom is 0.271 e. The Kier molecular flexibility index (Phi) is 7.59. The molecule has 0 saturated heterocycles. The van der Waals surface area contributed by atoms with Gasteiger partial charge in [-0.1, -0.05) is 12.1 Å². The Hall–Kier alpha value is -3.34. The Morgan fingerprint density at radius 2 is 1.90 bits per heavy atom. The van der Waals surface area contributed by atoms with E-state index in [1.165, 1.54) is 19.2 Å². The number of amides is 1. The number of methoxy groups -OCH3 is 1. The van der Waals surface area contributed by atoms with Crippen molar-refractivity contribution in [1.29, 1.82) is 0 Å².